The number of sulfonamides is 1. The molecule has 10 nitrogen and oxygen atoms in total. The molecular formula is C21H24N6O4S. The first kappa shape index (κ1) is 22.1. The van der Waals surface area contributed by atoms with Gasteiger partial charge in [0.15, 0.2) is 0 Å². The minimum absolute atomic E-state index is 0.0671. The number of amides is 1. The van der Waals surface area contributed by atoms with Crippen molar-refractivity contribution in [1.82, 2.24) is 29.8 Å². The number of carbonyl (C=O) groups is 1. The maximum absolute atomic E-state index is 12.7. The zero-order valence-electron chi connectivity index (χ0n) is 17.6. The number of rotatable bonds is 7. The summed E-state index contributed by atoms with van der Waals surface area (Å²) in [6.45, 7) is 3.65. The minimum atomic E-state index is -3.54. The Balaban J connectivity index is 1.32. The van der Waals surface area contributed by atoms with Crippen molar-refractivity contribution < 1.29 is 17.9 Å². The molecule has 1 aromatic heterocycles. The Morgan fingerprint density at radius 1 is 1.09 bits per heavy atom. The second kappa shape index (κ2) is 9.55. The van der Waals surface area contributed by atoms with E-state index in [0.717, 1.165) is 16.7 Å². The lowest BCUT2D eigenvalue weighted by Gasteiger charge is -2.26. The Morgan fingerprint density at radius 2 is 1.81 bits per heavy atom. The van der Waals surface area contributed by atoms with Crippen molar-refractivity contribution in [2.24, 2.45) is 0 Å². The molecule has 1 saturated heterocycles. The minimum Gasteiger partial charge on any atom is -0.379 e. The van der Waals surface area contributed by atoms with Crippen LogP contribution in [-0.2, 0) is 32.6 Å². The Hall–Kier alpha value is -3.15. The van der Waals surface area contributed by atoms with Crippen molar-refractivity contribution in [3.8, 4) is 11.4 Å². The number of aryl methyl sites for hydroxylation is 1. The number of carbonyl (C=O) groups excluding carboxylic acids is 1. The Labute approximate surface area is 186 Å². The maximum atomic E-state index is 12.7. The molecule has 1 fully saturated rings. The van der Waals surface area contributed by atoms with Crippen LogP contribution in [-0.4, -0.2) is 65.1 Å². The molecular weight excluding hydrogens is 432 g/mol. The molecule has 1 aliphatic heterocycles. The van der Waals surface area contributed by atoms with Crippen LogP contribution in [0.15, 0.2) is 53.4 Å². The number of hydrogen-bond acceptors (Lipinski definition) is 7. The summed E-state index contributed by atoms with van der Waals surface area (Å²) in [7, 11) is -3.54. The van der Waals surface area contributed by atoms with Gasteiger partial charge in [0.2, 0.25) is 21.8 Å². The lowest BCUT2D eigenvalue weighted by atomic mass is 10.1. The SMILES string of the molecule is Cc1ccccc1-c1nnn(CC(=O)NCc2ccc(S(=O)(=O)N3CCOCC3)cc2)n1. The first-order chi connectivity index (χ1) is 15.4. The fraction of sp³-hybridized carbons (Fsp3) is 0.333. The highest BCUT2D eigenvalue weighted by Gasteiger charge is 2.26. The molecule has 0 saturated carbocycles. The van der Waals surface area contributed by atoms with Crippen molar-refractivity contribution in [3.63, 3.8) is 0 Å². The quantitative estimate of drug-likeness (QED) is 0.563. The third-order valence-electron chi connectivity index (χ3n) is 5.14. The van der Waals surface area contributed by atoms with Gasteiger partial charge in [-0.05, 0) is 35.4 Å². The molecule has 1 N–H and O–H groups in total. The molecule has 0 atom stereocenters. The molecule has 2 heterocycles. The first-order valence-electron chi connectivity index (χ1n) is 10.2. The zero-order chi connectivity index (χ0) is 22.6. The molecule has 11 heteroatoms. The molecule has 0 aliphatic carbocycles. The standard InChI is InChI=1S/C21H24N6O4S/c1-16-4-2-3-5-19(16)21-23-25-27(24-21)15-20(28)22-14-17-6-8-18(9-7-17)32(29,30)26-10-12-31-13-11-26/h2-9H,10-15H2,1H3,(H,22,28). The van der Waals surface area contributed by atoms with E-state index >= 15 is 0 Å². The van der Waals surface area contributed by atoms with Gasteiger partial charge in [-0.15, -0.1) is 10.2 Å². The van der Waals surface area contributed by atoms with Crippen LogP contribution in [0.5, 0.6) is 0 Å². The van der Waals surface area contributed by atoms with Crippen LogP contribution < -0.4 is 5.32 Å². The lowest BCUT2D eigenvalue weighted by Crippen LogP contribution is -2.40. The fourth-order valence-electron chi connectivity index (χ4n) is 3.34. The topological polar surface area (TPSA) is 119 Å². The summed E-state index contributed by atoms with van der Waals surface area (Å²) in [5.74, 6) is 0.191. The van der Waals surface area contributed by atoms with Crippen molar-refractivity contribution in [1.29, 1.82) is 0 Å². The van der Waals surface area contributed by atoms with E-state index in [2.05, 4.69) is 20.7 Å². The van der Waals surface area contributed by atoms with Gasteiger partial charge in [-0.25, -0.2) is 8.42 Å². The number of aromatic nitrogens is 4. The molecule has 0 bridgehead atoms. The van der Waals surface area contributed by atoms with Gasteiger partial charge < -0.3 is 10.1 Å². The van der Waals surface area contributed by atoms with Gasteiger partial charge >= 0.3 is 0 Å². The summed E-state index contributed by atoms with van der Waals surface area (Å²) in [5.41, 5.74) is 2.67. The van der Waals surface area contributed by atoms with Crippen LogP contribution in [0.1, 0.15) is 11.1 Å². The monoisotopic (exact) mass is 456 g/mol. The van der Waals surface area contributed by atoms with Crippen LogP contribution in [0.2, 0.25) is 0 Å². The van der Waals surface area contributed by atoms with E-state index in [1.165, 1.54) is 9.10 Å². The Morgan fingerprint density at radius 3 is 2.53 bits per heavy atom. The Bertz CT molecular complexity index is 1190. The summed E-state index contributed by atoms with van der Waals surface area (Å²) in [6.07, 6.45) is 0. The first-order valence-corrected chi connectivity index (χ1v) is 11.6. The van der Waals surface area contributed by atoms with E-state index in [4.69, 9.17) is 4.74 Å². The number of hydrogen-bond donors (Lipinski definition) is 1. The van der Waals surface area contributed by atoms with Crippen LogP contribution in [0.4, 0.5) is 0 Å². The van der Waals surface area contributed by atoms with E-state index in [9.17, 15) is 13.2 Å². The molecule has 3 aromatic rings. The second-order valence-electron chi connectivity index (χ2n) is 7.40. The molecule has 0 spiro atoms. The van der Waals surface area contributed by atoms with E-state index in [-0.39, 0.29) is 23.9 Å². The van der Waals surface area contributed by atoms with Crippen LogP contribution >= 0.6 is 0 Å². The average molecular weight is 457 g/mol. The second-order valence-corrected chi connectivity index (χ2v) is 9.33. The van der Waals surface area contributed by atoms with Gasteiger partial charge in [-0.1, -0.05) is 36.4 Å². The molecule has 168 valence electrons. The van der Waals surface area contributed by atoms with Gasteiger partial charge in [-0.2, -0.15) is 9.10 Å². The van der Waals surface area contributed by atoms with Crippen LogP contribution in [0.3, 0.4) is 0 Å². The number of tetrazole rings is 1. The highest BCUT2D eigenvalue weighted by molar-refractivity contribution is 7.89. The maximum Gasteiger partial charge on any atom is 0.243 e. The number of nitrogens with one attached hydrogen (secondary N) is 1. The highest BCUT2D eigenvalue weighted by atomic mass is 32.2. The Kier molecular flexibility index (Phi) is 6.58. The van der Waals surface area contributed by atoms with Crippen molar-refractivity contribution >= 4 is 15.9 Å². The molecule has 1 aliphatic rings. The molecule has 2 aromatic carbocycles. The number of morpholine rings is 1. The zero-order valence-corrected chi connectivity index (χ0v) is 18.5. The summed E-state index contributed by atoms with van der Waals surface area (Å²) >= 11 is 0. The highest BCUT2D eigenvalue weighted by Crippen LogP contribution is 2.18. The third kappa shape index (κ3) is 5.01. The van der Waals surface area contributed by atoms with Gasteiger partial charge in [0.1, 0.15) is 6.54 Å². The van der Waals surface area contributed by atoms with E-state index in [0.29, 0.717) is 32.1 Å². The number of nitrogens with zero attached hydrogens (tertiary/aromatic N) is 5. The number of ether oxygens (including phenoxy) is 1. The fourth-order valence-corrected chi connectivity index (χ4v) is 4.75. The smallest absolute Gasteiger partial charge is 0.243 e. The lowest BCUT2D eigenvalue weighted by molar-refractivity contribution is -0.122. The van der Waals surface area contributed by atoms with E-state index in [1.807, 2.05) is 31.2 Å². The predicted octanol–water partition coefficient (Wildman–Crippen LogP) is 0.986. The molecule has 0 radical (unpaired) electrons. The number of benzene rings is 2. The largest absolute Gasteiger partial charge is 0.379 e. The molecule has 1 amide bonds. The molecule has 4 rings (SSSR count). The van der Waals surface area contributed by atoms with Crippen molar-refractivity contribution in [2.75, 3.05) is 26.3 Å². The predicted molar refractivity (Wildman–Crippen MR) is 116 cm³/mol. The molecule has 32 heavy (non-hydrogen) atoms. The van der Waals surface area contributed by atoms with Gasteiger partial charge in [0, 0.05) is 25.2 Å². The van der Waals surface area contributed by atoms with Gasteiger partial charge in [0.05, 0.1) is 18.1 Å². The summed E-state index contributed by atoms with van der Waals surface area (Å²) in [5, 5.41) is 15.0. The average Bonchev–Trinajstić information content (AvgIpc) is 3.27. The third-order valence-corrected chi connectivity index (χ3v) is 7.06. The van der Waals surface area contributed by atoms with E-state index in [1.54, 1.807) is 24.3 Å². The van der Waals surface area contributed by atoms with Crippen molar-refractivity contribution in [3.05, 3.63) is 59.7 Å². The molecule has 0 unspecified atom stereocenters. The van der Waals surface area contributed by atoms with Gasteiger partial charge in [0.25, 0.3) is 0 Å². The summed E-state index contributed by atoms with van der Waals surface area (Å²) in [6, 6.07) is 14.2. The normalized spacial score (nSPS) is 14.9. The van der Waals surface area contributed by atoms with E-state index < -0.39 is 10.0 Å². The summed E-state index contributed by atoms with van der Waals surface area (Å²) in [4.78, 5) is 13.7. The van der Waals surface area contributed by atoms with Crippen LogP contribution in [0, 0.1) is 6.92 Å². The summed E-state index contributed by atoms with van der Waals surface area (Å²) < 4.78 is 32.0. The van der Waals surface area contributed by atoms with Gasteiger partial charge in [-0.3, -0.25) is 4.79 Å². The van der Waals surface area contributed by atoms with Crippen molar-refractivity contribution in [2.45, 2.75) is 24.9 Å². The van der Waals surface area contributed by atoms with Crippen LogP contribution in [0.25, 0.3) is 11.4 Å².